The molecule has 2 aromatic rings. The zero-order valence-electron chi connectivity index (χ0n) is 10.3. The van der Waals surface area contributed by atoms with Gasteiger partial charge in [0.2, 0.25) is 0 Å². The third-order valence-corrected chi connectivity index (χ3v) is 3.53. The summed E-state index contributed by atoms with van der Waals surface area (Å²) in [7, 11) is 0. The van der Waals surface area contributed by atoms with Crippen molar-refractivity contribution in [1.82, 2.24) is 9.78 Å². The van der Waals surface area contributed by atoms with E-state index in [9.17, 15) is 0 Å². The molecule has 3 nitrogen and oxygen atoms in total. The average molecular weight is 227 g/mol. The fourth-order valence-corrected chi connectivity index (χ4v) is 2.74. The molecular weight excluding hydrogens is 210 g/mol. The molecular formula is C14H17N3. The van der Waals surface area contributed by atoms with Crippen molar-refractivity contribution in [3.05, 3.63) is 46.6 Å². The van der Waals surface area contributed by atoms with E-state index in [1.807, 2.05) is 17.7 Å². The van der Waals surface area contributed by atoms with Gasteiger partial charge in [-0.2, -0.15) is 5.10 Å². The first-order valence-corrected chi connectivity index (χ1v) is 6.06. The largest absolute Gasteiger partial charge is 0.384 e. The van der Waals surface area contributed by atoms with Crippen LogP contribution >= 0.6 is 0 Å². The highest BCUT2D eigenvalue weighted by Gasteiger charge is 2.25. The molecule has 3 rings (SSSR count). The SMILES string of the molecule is Cc1ccc2c(c1)C(n1nc(C)cc1N)CC2. The lowest BCUT2D eigenvalue weighted by atomic mass is 10.1. The maximum atomic E-state index is 6.02. The average Bonchev–Trinajstić information content (AvgIpc) is 2.81. The van der Waals surface area contributed by atoms with Crippen molar-refractivity contribution in [3.8, 4) is 0 Å². The quantitative estimate of drug-likeness (QED) is 0.813. The predicted octanol–water partition coefficient (Wildman–Crippen LogP) is 2.62. The number of fused-ring (bicyclic) bond motifs is 1. The summed E-state index contributed by atoms with van der Waals surface area (Å²) >= 11 is 0. The summed E-state index contributed by atoms with van der Waals surface area (Å²) in [6.45, 7) is 4.12. The van der Waals surface area contributed by atoms with Crippen LogP contribution in [-0.2, 0) is 6.42 Å². The van der Waals surface area contributed by atoms with E-state index >= 15 is 0 Å². The van der Waals surface area contributed by atoms with E-state index in [-0.39, 0.29) is 0 Å². The highest BCUT2D eigenvalue weighted by molar-refractivity contribution is 5.41. The zero-order valence-corrected chi connectivity index (χ0v) is 10.3. The highest BCUT2D eigenvalue weighted by atomic mass is 15.3. The Labute approximate surface area is 101 Å². The molecule has 1 heterocycles. The van der Waals surface area contributed by atoms with Crippen LogP contribution in [0.25, 0.3) is 0 Å². The Bertz CT molecular complexity index is 569. The van der Waals surface area contributed by atoms with Crippen LogP contribution in [0.1, 0.15) is 34.8 Å². The fourth-order valence-electron chi connectivity index (χ4n) is 2.74. The van der Waals surface area contributed by atoms with Crippen LogP contribution in [0.3, 0.4) is 0 Å². The Kier molecular flexibility index (Phi) is 2.21. The van der Waals surface area contributed by atoms with Gasteiger partial charge in [-0.05, 0) is 37.8 Å². The van der Waals surface area contributed by atoms with Gasteiger partial charge in [0.05, 0.1) is 11.7 Å². The molecule has 0 saturated carbocycles. The molecule has 0 aliphatic heterocycles. The van der Waals surface area contributed by atoms with E-state index in [0.29, 0.717) is 6.04 Å². The van der Waals surface area contributed by atoms with E-state index in [0.717, 1.165) is 24.4 Å². The van der Waals surface area contributed by atoms with Gasteiger partial charge in [0, 0.05) is 6.07 Å². The minimum atomic E-state index is 0.318. The second-order valence-electron chi connectivity index (χ2n) is 4.91. The Morgan fingerprint density at radius 1 is 1.29 bits per heavy atom. The van der Waals surface area contributed by atoms with Crippen LogP contribution in [-0.4, -0.2) is 9.78 Å². The number of aromatic nitrogens is 2. The number of anilines is 1. The Morgan fingerprint density at radius 2 is 2.12 bits per heavy atom. The van der Waals surface area contributed by atoms with E-state index in [1.54, 1.807) is 0 Å². The molecule has 0 spiro atoms. The number of aryl methyl sites for hydroxylation is 3. The third-order valence-electron chi connectivity index (χ3n) is 3.53. The number of nitrogens with two attached hydrogens (primary N) is 1. The van der Waals surface area contributed by atoms with Crippen LogP contribution in [0.4, 0.5) is 5.82 Å². The van der Waals surface area contributed by atoms with Crippen molar-refractivity contribution in [1.29, 1.82) is 0 Å². The van der Waals surface area contributed by atoms with E-state index in [1.165, 1.54) is 16.7 Å². The van der Waals surface area contributed by atoms with E-state index in [4.69, 9.17) is 5.73 Å². The summed E-state index contributed by atoms with van der Waals surface area (Å²) in [4.78, 5) is 0. The van der Waals surface area contributed by atoms with Crippen LogP contribution in [0.2, 0.25) is 0 Å². The number of hydrogen-bond acceptors (Lipinski definition) is 2. The lowest BCUT2D eigenvalue weighted by molar-refractivity contribution is 0.524. The first kappa shape index (κ1) is 10.4. The van der Waals surface area contributed by atoms with Crippen molar-refractivity contribution < 1.29 is 0 Å². The van der Waals surface area contributed by atoms with Crippen molar-refractivity contribution >= 4 is 5.82 Å². The monoisotopic (exact) mass is 227 g/mol. The molecule has 3 heteroatoms. The summed E-state index contributed by atoms with van der Waals surface area (Å²) < 4.78 is 1.97. The lowest BCUT2D eigenvalue weighted by Gasteiger charge is -2.14. The Balaban J connectivity index is 2.09. The summed E-state index contributed by atoms with van der Waals surface area (Å²) in [6.07, 6.45) is 2.22. The Morgan fingerprint density at radius 3 is 2.82 bits per heavy atom. The molecule has 0 saturated heterocycles. The van der Waals surface area contributed by atoms with Gasteiger partial charge in [0.25, 0.3) is 0 Å². The van der Waals surface area contributed by atoms with Gasteiger partial charge >= 0.3 is 0 Å². The summed E-state index contributed by atoms with van der Waals surface area (Å²) in [5.41, 5.74) is 11.1. The van der Waals surface area contributed by atoms with Crippen LogP contribution in [0.5, 0.6) is 0 Å². The third kappa shape index (κ3) is 1.62. The molecule has 1 atom stereocenters. The van der Waals surface area contributed by atoms with E-state index in [2.05, 4.69) is 30.2 Å². The van der Waals surface area contributed by atoms with Crippen molar-refractivity contribution in [2.45, 2.75) is 32.7 Å². The van der Waals surface area contributed by atoms with Crippen LogP contribution < -0.4 is 5.73 Å². The second-order valence-corrected chi connectivity index (χ2v) is 4.91. The molecule has 1 aliphatic carbocycles. The molecule has 1 aromatic carbocycles. The first-order valence-electron chi connectivity index (χ1n) is 6.06. The molecule has 1 aliphatic rings. The molecule has 0 amide bonds. The maximum Gasteiger partial charge on any atom is 0.122 e. The topological polar surface area (TPSA) is 43.8 Å². The van der Waals surface area contributed by atoms with Gasteiger partial charge in [-0.25, -0.2) is 4.68 Å². The van der Waals surface area contributed by atoms with Gasteiger partial charge in [-0.3, -0.25) is 0 Å². The molecule has 1 unspecified atom stereocenters. The number of nitrogens with zero attached hydrogens (tertiary/aromatic N) is 2. The molecule has 0 fully saturated rings. The van der Waals surface area contributed by atoms with E-state index < -0.39 is 0 Å². The zero-order chi connectivity index (χ0) is 12.0. The molecule has 0 bridgehead atoms. The smallest absolute Gasteiger partial charge is 0.122 e. The number of hydrogen-bond donors (Lipinski definition) is 1. The molecule has 88 valence electrons. The second kappa shape index (κ2) is 3.62. The number of rotatable bonds is 1. The summed E-state index contributed by atoms with van der Waals surface area (Å²) in [5, 5.41) is 4.51. The van der Waals surface area contributed by atoms with Crippen molar-refractivity contribution in [3.63, 3.8) is 0 Å². The first-order chi connectivity index (χ1) is 8.15. The van der Waals surface area contributed by atoms with Crippen LogP contribution in [0, 0.1) is 13.8 Å². The highest BCUT2D eigenvalue weighted by Crippen LogP contribution is 2.35. The minimum absolute atomic E-state index is 0.318. The molecule has 1 aromatic heterocycles. The summed E-state index contributed by atoms with van der Waals surface area (Å²) in [6, 6.07) is 8.94. The van der Waals surface area contributed by atoms with Crippen molar-refractivity contribution in [2.24, 2.45) is 0 Å². The minimum Gasteiger partial charge on any atom is -0.384 e. The number of benzene rings is 1. The molecule has 17 heavy (non-hydrogen) atoms. The number of nitrogen functional groups attached to an aromatic ring is 1. The van der Waals surface area contributed by atoms with Gasteiger partial charge in [-0.1, -0.05) is 23.8 Å². The standard InChI is InChI=1S/C14H17N3/c1-9-3-4-11-5-6-13(12(11)7-9)17-14(15)8-10(2)16-17/h3-4,7-8,13H,5-6,15H2,1-2H3. The fraction of sp³-hybridized carbons (Fsp3) is 0.357. The summed E-state index contributed by atoms with van der Waals surface area (Å²) in [5.74, 6) is 0.766. The molecule has 2 N–H and O–H groups in total. The Hall–Kier alpha value is -1.77. The van der Waals surface area contributed by atoms with Crippen molar-refractivity contribution in [2.75, 3.05) is 5.73 Å². The molecule has 0 radical (unpaired) electrons. The van der Waals surface area contributed by atoms with Gasteiger partial charge in [0.1, 0.15) is 5.82 Å². The van der Waals surface area contributed by atoms with Gasteiger partial charge < -0.3 is 5.73 Å². The predicted molar refractivity (Wildman–Crippen MR) is 69.0 cm³/mol. The van der Waals surface area contributed by atoms with Crippen LogP contribution in [0.15, 0.2) is 24.3 Å². The van der Waals surface area contributed by atoms with Gasteiger partial charge in [0.15, 0.2) is 0 Å². The van der Waals surface area contributed by atoms with Gasteiger partial charge in [-0.15, -0.1) is 0 Å². The normalized spacial score (nSPS) is 18.4. The lowest BCUT2D eigenvalue weighted by Crippen LogP contribution is -2.12. The maximum absolute atomic E-state index is 6.02.